The minimum Gasteiger partial charge on any atom is -0.412 e. The van der Waals surface area contributed by atoms with E-state index in [-0.39, 0.29) is 11.6 Å². The maximum Gasteiger partial charge on any atom is 0.0578 e. The average Bonchev–Trinajstić information content (AvgIpc) is 2.99. The molecule has 3 N–H and O–H groups in total. The fraction of sp³-hybridized carbons (Fsp3) is 0.852. The Morgan fingerprint density at radius 1 is 0.966 bits per heavy atom. The van der Waals surface area contributed by atoms with Crippen LogP contribution < -0.4 is 0 Å². The zero-order valence-corrected chi connectivity index (χ0v) is 19.6. The Bertz CT molecular complexity index is 647. The third-order valence-corrected chi connectivity index (χ3v) is 9.75. The highest BCUT2D eigenvalue weighted by Gasteiger charge is 2.56. The van der Waals surface area contributed by atoms with Crippen LogP contribution in [0.1, 0.15) is 98.8 Å². The number of fused-ring (bicyclic) bond motifs is 5. The molecule has 0 bridgehead atoms. The summed E-state index contributed by atoms with van der Waals surface area (Å²) in [5, 5.41) is 10.2. The minimum atomic E-state index is -0.106. The molecule has 4 aliphatic rings. The summed E-state index contributed by atoms with van der Waals surface area (Å²) in [7, 11) is 0. The van der Waals surface area contributed by atoms with Gasteiger partial charge in [-0.25, -0.2) is 0 Å². The van der Waals surface area contributed by atoms with Crippen LogP contribution in [0.15, 0.2) is 23.3 Å². The third-order valence-electron chi connectivity index (χ3n) is 9.75. The quantitative estimate of drug-likeness (QED) is 0.562. The Morgan fingerprint density at radius 2 is 1.72 bits per heavy atom. The first kappa shape index (κ1) is 23.1. The number of aliphatic hydroxyl groups is 1. The average molecular weight is 403 g/mol. The summed E-state index contributed by atoms with van der Waals surface area (Å²) in [5.41, 5.74) is 4.19. The van der Waals surface area contributed by atoms with E-state index >= 15 is 0 Å². The van der Waals surface area contributed by atoms with Crippen molar-refractivity contribution in [1.29, 1.82) is 0 Å². The highest BCUT2D eigenvalue weighted by molar-refractivity contribution is 5.38. The second-order valence-electron chi connectivity index (χ2n) is 11.8. The molecule has 4 aliphatic carbocycles. The molecule has 7 atom stereocenters. The molecule has 0 unspecified atom stereocenters. The van der Waals surface area contributed by atoms with Crippen molar-refractivity contribution in [3.05, 3.63) is 23.3 Å². The van der Waals surface area contributed by atoms with Gasteiger partial charge in [-0.05, 0) is 85.4 Å². The van der Waals surface area contributed by atoms with Gasteiger partial charge >= 0.3 is 0 Å². The molecule has 2 nitrogen and oxygen atoms in total. The Hall–Kier alpha value is -0.600. The molecule has 0 aromatic rings. The number of allylic oxidation sites excluding steroid dienone is 3. The monoisotopic (exact) mass is 402 g/mol. The summed E-state index contributed by atoms with van der Waals surface area (Å²) < 4.78 is 0. The van der Waals surface area contributed by atoms with Gasteiger partial charge < -0.3 is 10.6 Å². The number of rotatable bonds is 5. The molecule has 3 saturated carbocycles. The van der Waals surface area contributed by atoms with Crippen LogP contribution in [0, 0.1) is 40.4 Å². The van der Waals surface area contributed by atoms with Crippen LogP contribution in [0.3, 0.4) is 0 Å². The zero-order chi connectivity index (χ0) is 20.1. The van der Waals surface area contributed by atoms with Crippen LogP contribution in [-0.4, -0.2) is 16.7 Å². The lowest BCUT2D eigenvalue weighted by molar-refractivity contribution is 0.0323. The molecule has 0 saturated heterocycles. The molecule has 29 heavy (non-hydrogen) atoms. The highest BCUT2D eigenvalue weighted by Crippen LogP contribution is 2.66. The summed E-state index contributed by atoms with van der Waals surface area (Å²) in [4.78, 5) is 0. The number of hydrogen-bond acceptors (Lipinski definition) is 1. The van der Waals surface area contributed by atoms with Crippen molar-refractivity contribution < 1.29 is 10.6 Å². The summed E-state index contributed by atoms with van der Waals surface area (Å²) in [6, 6.07) is 0. The summed E-state index contributed by atoms with van der Waals surface area (Å²) in [6.07, 6.45) is 17.8. The normalized spacial score (nSPS) is 42.2. The minimum absolute atomic E-state index is 0. The highest BCUT2D eigenvalue weighted by atomic mass is 16.3. The van der Waals surface area contributed by atoms with Crippen molar-refractivity contribution in [2.75, 3.05) is 0 Å². The fourth-order valence-corrected chi connectivity index (χ4v) is 8.01. The van der Waals surface area contributed by atoms with Crippen LogP contribution in [0.4, 0.5) is 0 Å². The van der Waals surface area contributed by atoms with E-state index in [4.69, 9.17) is 0 Å². The van der Waals surface area contributed by atoms with E-state index in [1.807, 2.05) is 0 Å². The Labute approximate surface area is 179 Å². The largest absolute Gasteiger partial charge is 0.412 e. The van der Waals surface area contributed by atoms with E-state index in [0.717, 1.165) is 42.4 Å². The summed E-state index contributed by atoms with van der Waals surface area (Å²) in [6.45, 7) is 12.5. The molecule has 0 aromatic heterocycles. The fourth-order valence-electron chi connectivity index (χ4n) is 8.01. The molecular weight excluding hydrogens is 356 g/mol. The van der Waals surface area contributed by atoms with E-state index in [1.165, 1.54) is 51.4 Å². The smallest absolute Gasteiger partial charge is 0.0578 e. The van der Waals surface area contributed by atoms with Gasteiger partial charge in [0.05, 0.1) is 6.10 Å². The van der Waals surface area contributed by atoms with Crippen LogP contribution in [0.5, 0.6) is 0 Å². The molecule has 2 heteroatoms. The zero-order valence-electron chi connectivity index (χ0n) is 19.6. The molecular formula is C27H46O2. The molecule has 0 spiro atoms. The van der Waals surface area contributed by atoms with Gasteiger partial charge in [0, 0.05) is 0 Å². The topological polar surface area (TPSA) is 51.7 Å². The number of hydrogen-bond donors (Lipinski definition) is 1. The van der Waals surface area contributed by atoms with Gasteiger partial charge in [-0.3, -0.25) is 0 Å². The lowest BCUT2D eigenvalue weighted by Crippen LogP contribution is -2.46. The van der Waals surface area contributed by atoms with Gasteiger partial charge in [0.2, 0.25) is 0 Å². The van der Waals surface area contributed by atoms with E-state index in [0.29, 0.717) is 10.8 Å². The third kappa shape index (κ3) is 3.89. The van der Waals surface area contributed by atoms with Crippen molar-refractivity contribution in [2.24, 2.45) is 40.4 Å². The van der Waals surface area contributed by atoms with Crippen molar-refractivity contribution >= 4 is 0 Å². The second-order valence-corrected chi connectivity index (χ2v) is 11.8. The predicted molar refractivity (Wildman–Crippen MR) is 123 cm³/mol. The molecule has 0 amide bonds. The van der Waals surface area contributed by atoms with Gasteiger partial charge in [-0.15, -0.1) is 0 Å². The molecule has 4 rings (SSSR count). The standard InChI is InChI=1S/C27H44O.H2O/c1-18(2)7-6-8-19(3)23-11-12-24-22-10-9-20-17-21(28)13-15-26(20,4)25(22)14-16-27(23,24)5;/h9-10,18-19,21,23-25,28H,6-8,11-17H2,1-5H3;1H2/t19-,21+,23-,24+,25+,26+,27-;/m1./s1. The first-order chi connectivity index (χ1) is 13.3. The molecule has 0 aliphatic heterocycles. The van der Waals surface area contributed by atoms with Gasteiger partial charge in [0.25, 0.3) is 0 Å². The predicted octanol–water partition coefficient (Wildman–Crippen LogP) is 6.48. The van der Waals surface area contributed by atoms with Crippen LogP contribution in [0.2, 0.25) is 0 Å². The van der Waals surface area contributed by atoms with Crippen molar-refractivity contribution in [3.8, 4) is 0 Å². The van der Waals surface area contributed by atoms with E-state index in [2.05, 4.69) is 46.8 Å². The van der Waals surface area contributed by atoms with Gasteiger partial charge in [0.1, 0.15) is 0 Å². The van der Waals surface area contributed by atoms with Crippen LogP contribution >= 0.6 is 0 Å². The lowest BCUT2D eigenvalue weighted by Gasteiger charge is -2.55. The lowest BCUT2D eigenvalue weighted by atomic mass is 9.50. The van der Waals surface area contributed by atoms with E-state index in [9.17, 15) is 5.11 Å². The Morgan fingerprint density at radius 3 is 2.45 bits per heavy atom. The van der Waals surface area contributed by atoms with E-state index < -0.39 is 0 Å². The second kappa shape index (κ2) is 8.50. The maximum absolute atomic E-state index is 10.2. The number of aliphatic hydroxyl groups excluding tert-OH is 1. The van der Waals surface area contributed by atoms with Crippen molar-refractivity contribution in [3.63, 3.8) is 0 Å². The Kier molecular flexibility index (Phi) is 6.76. The van der Waals surface area contributed by atoms with Crippen molar-refractivity contribution in [1.82, 2.24) is 0 Å². The first-order valence-corrected chi connectivity index (χ1v) is 12.3. The summed E-state index contributed by atoms with van der Waals surface area (Å²) in [5.74, 6) is 4.19. The first-order valence-electron chi connectivity index (χ1n) is 12.3. The molecule has 3 fully saturated rings. The Balaban J connectivity index is 0.00000240. The molecule has 0 heterocycles. The molecule has 0 radical (unpaired) electrons. The molecule has 0 aromatic carbocycles. The summed E-state index contributed by atoms with van der Waals surface area (Å²) >= 11 is 0. The van der Waals surface area contributed by atoms with Gasteiger partial charge in [-0.1, -0.05) is 77.2 Å². The van der Waals surface area contributed by atoms with Crippen LogP contribution in [0.25, 0.3) is 0 Å². The van der Waals surface area contributed by atoms with Crippen LogP contribution in [-0.2, 0) is 0 Å². The SMILES string of the molecule is CC(C)CCC[C@@H](C)[C@H]1CC[C@H]2C3=CC=C4C[C@@H](O)CC[C@]4(C)[C@H]3CC[C@]12C.O. The molecule has 166 valence electrons. The van der Waals surface area contributed by atoms with Gasteiger partial charge in [-0.2, -0.15) is 0 Å². The van der Waals surface area contributed by atoms with Crippen molar-refractivity contribution in [2.45, 2.75) is 105 Å². The maximum atomic E-state index is 10.2. The van der Waals surface area contributed by atoms with Gasteiger partial charge in [0.15, 0.2) is 0 Å². The van der Waals surface area contributed by atoms with E-state index in [1.54, 1.807) is 11.1 Å².